The smallest absolute Gasteiger partial charge is 0.130 e. The molecule has 1 saturated carbocycles. The van der Waals surface area contributed by atoms with Crippen molar-refractivity contribution >= 4 is 5.69 Å². The standard InChI is InChI=1S/C16H25FN2/c1-11-7-9-13(10-8-11)19(3)15-6-4-5-14(17)16(15)12(2)18/h4-6,11-13H,7-10,18H2,1-3H3/t11?,12-,13?/m1/s1. The summed E-state index contributed by atoms with van der Waals surface area (Å²) in [7, 11) is 2.07. The second-order valence-electron chi connectivity index (χ2n) is 5.99. The summed E-state index contributed by atoms with van der Waals surface area (Å²) >= 11 is 0. The molecule has 0 spiro atoms. The summed E-state index contributed by atoms with van der Waals surface area (Å²) in [5.74, 6) is 0.633. The summed E-state index contributed by atoms with van der Waals surface area (Å²) in [6.07, 6.45) is 4.90. The van der Waals surface area contributed by atoms with Crippen molar-refractivity contribution < 1.29 is 4.39 Å². The number of hydrogen-bond donors (Lipinski definition) is 1. The number of hydrogen-bond acceptors (Lipinski definition) is 2. The molecule has 0 unspecified atom stereocenters. The molecule has 106 valence electrons. The van der Waals surface area contributed by atoms with Gasteiger partial charge in [0.25, 0.3) is 0 Å². The fraction of sp³-hybridized carbons (Fsp3) is 0.625. The highest BCUT2D eigenvalue weighted by molar-refractivity contribution is 5.55. The van der Waals surface area contributed by atoms with Crippen LogP contribution < -0.4 is 10.6 Å². The maximum atomic E-state index is 14.0. The molecule has 2 rings (SSSR count). The molecule has 1 aromatic carbocycles. The lowest BCUT2D eigenvalue weighted by Gasteiger charge is -2.36. The van der Waals surface area contributed by atoms with Crippen LogP contribution in [0.3, 0.4) is 0 Å². The molecule has 1 aromatic rings. The van der Waals surface area contributed by atoms with Crippen LogP contribution in [0.5, 0.6) is 0 Å². The van der Waals surface area contributed by atoms with Crippen molar-refractivity contribution in [3.8, 4) is 0 Å². The van der Waals surface area contributed by atoms with Crippen LogP contribution >= 0.6 is 0 Å². The van der Waals surface area contributed by atoms with E-state index in [0.717, 1.165) is 11.6 Å². The van der Waals surface area contributed by atoms with Gasteiger partial charge in [-0.05, 0) is 50.7 Å². The summed E-state index contributed by atoms with van der Waals surface area (Å²) < 4.78 is 14.0. The van der Waals surface area contributed by atoms with Gasteiger partial charge in [0.2, 0.25) is 0 Å². The van der Waals surface area contributed by atoms with Crippen molar-refractivity contribution in [3.05, 3.63) is 29.6 Å². The van der Waals surface area contributed by atoms with Gasteiger partial charge in [-0.3, -0.25) is 0 Å². The van der Waals surface area contributed by atoms with E-state index in [1.807, 2.05) is 13.0 Å². The van der Waals surface area contributed by atoms with E-state index in [0.29, 0.717) is 11.6 Å². The highest BCUT2D eigenvalue weighted by Gasteiger charge is 2.24. The Morgan fingerprint density at radius 1 is 1.26 bits per heavy atom. The SMILES string of the molecule is CC1CCC(N(C)c2cccc(F)c2[C@@H](C)N)CC1. The highest BCUT2D eigenvalue weighted by Crippen LogP contribution is 2.33. The van der Waals surface area contributed by atoms with E-state index in [1.165, 1.54) is 31.7 Å². The first kappa shape index (κ1) is 14.3. The van der Waals surface area contributed by atoms with Gasteiger partial charge in [-0.15, -0.1) is 0 Å². The lowest BCUT2D eigenvalue weighted by atomic mass is 9.86. The van der Waals surface area contributed by atoms with Crippen LogP contribution in [0.1, 0.15) is 51.1 Å². The number of anilines is 1. The van der Waals surface area contributed by atoms with Crippen molar-refractivity contribution in [1.29, 1.82) is 0 Å². The quantitative estimate of drug-likeness (QED) is 0.898. The molecule has 0 bridgehead atoms. The third kappa shape index (κ3) is 3.08. The van der Waals surface area contributed by atoms with Gasteiger partial charge in [-0.2, -0.15) is 0 Å². The van der Waals surface area contributed by atoms with E-state index in [1.54, 1.807) is 6.07 Å². The van der Waals surface area contributed by atoms with E-state index < -0.39 is 0 Å². The summed E-state index contributed by atoms with van der Waals surface area (Å²) in [5, 5.41) is 0. The third-order valence-corrected chi connectivity index (χ3v) is 4.40. The molecule has 0 aliphatic heterocycles. The molecule has 0 radical (unpaired) electrons. The number of benzene rings is 1. The average Bonchev–Trinajstić information content (AvgIpc) is 2.38. The molecular formula is C16H25FN2. The van der Waals surface area contributed by atoms with Gasteiger partial charge in [0.15, 0.2) is 0 Å². The average molecular weight is 264 g/mol. The van der Waals surface area contributed by atoms with Crippen LogP contribution in [-0.4, -0.2) is 13.1 Å². The largest absolute Gasteiger partial charge is 0.371 e. The zero-order valence-electron chi connectivity index (χ0n) is 12.2. The van der Waals surface area contributed by atoms with Crippen LogP contribution in [0.15, 0.2) is 18.2 Å². The van der Waals surface area contributed by atoms with Crippen LogP contribution in [0.4, 0.5) is 10.1 Å². The molecule has 0 amide bonds. The fourth-order valence-corrected chi connectivity index (χ4v) is 3.11. The number of halogens is 1. The topological polar surface area (TPSA) is 29.3 Å². The number of nitrogens with two attached hydrogens (primary N) is 1. The molecule has 1 fully saturated rings. The van der Waals surface area contributed by atoms with Gasteiger partial charge >= 0.3 is 0 Å². The Morgan fingerprint density at radius 3 is 2.47 bits per heavy atom. The van der Waals surface area contributed by atoms with Crippen LogP contribution in [0.25, 0.3) is 0 Å². The predicted molar refractivity (Wildman–Crippen MR) is 78.8 cm³/mol. The van der Waals surface area contributed by atoms with E-state index in [-0.39, 0.29) is 11.9 Å². The Kier molecular flexibility index (Phi) is 4.46. The Hall–Kier alpha value is -1.09. The second-order valence-corrected chi connectivity index (χ2v) is 5.99. The Morgan fingerprint density at radius 2 is 1.89 bits per heavy atom. The Balaban J connectivity index is 2.23. The van der Waals surface area contributed by atoms with Crippen molar-refractivity contribution in [2.45, 2.75) is 51.6 Å². The predicted octanol–water partition coefficient (Wildman–Crippen LogP) is 3.86. The van der Waals surface area contributed by atoms with Crippen molar-refractivity contribution in [3.63, 3.8) is 0 Å². The van der Waals surface area contributed by atoms with E-state index in [9.17, 15) is 4.39 Å². The molecule has 3 heteroatoms. The lowest BCUT2D eigenvalue weighted by Crippen LogP contribution is -2.36. The monoisotopic (exact) mass is 264 g/mol. The minimum Gasteiger partial charge on any atom is -0.371 e. The Labute approximate surface area is 115 Å². The summed E-state index contributed by atoms with van der Waals surface area (Å²) in [4.78, 5) is 2.23. The van der Waals surface area contributed by atoms with Crippen molar-refractivity contribution in [2.75, 3.05) is 11.9 Å². The number of nitrogens with zero attached hydrogens (tertiary/aromatic N) is 1. The first-order valence-corrected chi connectivity index (χ1v) is 7.27. The molecule has 1 aliphatic carbocycles. The molecular weight excluding hydrogens is 239 g/mol. The molecule has 0 saturated heterocycles. The van der Waals surface area contributed by atoms with Gasteiger partial charge < -0.3 is 10.6 Å². The van der Waals surface area contributed by atoms with Gasteiger partial charge in [0.1, 0.15) is 5.82 Å². The molecule has 0 heterocycles. The highest BCUT2D eigenvalue weighted by atomic mass is 19.1. The van der Waals surface area contributed by atoms with Crippen LogP contribution in [-0.2, 0) is 0 Å². The molecule has 1 atom stereocenters. The van der Waals surface area contributed by atoms with Gasteiger partial charge in [0.05, 0.1) is 0 Å². The number of rotatable bonds is 3. The maximum Gasteiger partial charge on any atom is 0.130 e. The zero-order chi connectivity index (χ0) is 14.0. The van der Waals surface area contributed by atoms with E-state index in [2.05, 4.69) is 18.9 Å². The molecule has 0 aromatic heterocycles. The first-order valence-electron chi connectivity index (χ1n) is 7.27. The Bertz CT molecular complexity index is 423. The minimum atomic E-state index is -0.277. The molecule has 2 nitrogen and oxygen atoms in total. The molecule has 19 heavy (non-hydrogen) atoms. The lowest BCUT2D eigenvalue weighted by molar-refractivity contribution is 0.340. The minimum absolute atomic E-state index is 0.191. The normalized spacial score (nSPS) is 25.1. The molecule has 2 N–H and O–H groups in total. The summed E-state index contributed by atoms with van der Waals surface area (Å²) in [6, 6.07) is 5.49. The van der Waals surface area contributed by atoms with E-state index >= 15 is 0 Å². The summed E-state index contributed by atoms with van der Waals surface area (Å²) in [6.45, 7) is 4.16. The van der Waals surface area contributed by atoms with Gasteiger partial charge in [-0.1, -0.05) is 13.0 Å². The van der Waals surface area contributed by atoms with Gasteiger partial charge in [0, 0.05) is 30.4 Å². The van der Waals surface area contributed by atoms with Crippen LogP contribution in [0, 0.1) is 11.7 Å². The maximum absolute atomic E-state index is 14.0. The van der Waals surface area contributed by atoms with Crippen molar-refractivity contribution in [1.82, 2.24) is 0 Å². The zero-order valence-corrected chi connectivity index (χ0v) is 12.2. The van der Waals surface area contributed by atoms with Crippen molar-refractivity contribution in [2.24, 2.45) is 11.7 Å². The summed E-state index contributed by atoms with van der Waals surface area (Å²) in [5.41, 5.74) is 7.53. The van der Waals surface area contributed by atoms with Gasteiger partial charge in [-0.25, -0.2) is 4.39 Å². The first-order chi connectivity index (χ1) is 9.00. The third-order valence-electron chi connectivity index (χ3n) is 4.40. The van der Waals surface area contributed by atoms with Crippen LogP contribution in [0.2, 0.25) is 0 Å². The molecule has 1 aliphatic rings. The second kappa shape index (κ2) is 5.91. The van der Waals surface area contributed by atoms with E-state index in [4.69, 9.17) is 5.73 Å². The fourth-order valence-electron chi connectivity index (χ4n) is 3.11.